The number of amides is 2. The normalized spacial score (nSPS) is 11.6. The van der Waals surface area contributed by atoms with Gasteiger partial charge in [0, 0.05) is 18.3 Å². The fraction of sp³-hybridized carbons (Fsp3) is 0.333. The maximum absolute atomic E-state index is 12.5. The van der Waals surface area contributed by atoms with Crippen molar-refractivity contribution >= 4 is 29.3 Å². The van der Waals surface area contributed by atoms with Gasteiger partial charge in [0.1, 0.15) is 5.75 Å². The minimum atomic E-state index is -0.115. The molecule has 1 unspecified atom stereocenters. The molecule has 1 N–H and O–H groups in total. The molecule has 0 saturated heterocycles. The van der Waals surface area contributed by atoms with Crippen LogP contribution in [0.1, 0.15) is 24.1 Å². The molecule has 27 heavy (non-hydrogen) atoms. The van der Waals surface area contributed by atoms with E-state index in [0.29, 0.717) is 0 Å². The SMILES string of the molecule is COc1ccccc1C(C)N(C)C(=O)CSCC(=O)Nc1cccc(C)c1. The molecule has 0 aliphatic rings. The summed E-state index contributed by atoms with van der Waals surface area (Å²) in [7, 11) is 3.39. The largest absolute Gasteiger partial charge is 0.496 e. The summed E-state index contributed by atoms with van der Waals surface area (Å²) in [5.41, 5.74) is 2.81. The van der Waals surface area contributed by atoms with Crippen LogP contribution in [0, 0.1) is 6.92 Å². The lowest BCUT2D eigenvalue weighted by Gasteiger charge is -2.26. The van der Waals surface area contributed by atoms with Crippen molar-refractivity contribution in [2.24, 2.45) is 0 Å². The maximum Gasteiger partial charge on any atom is 0.234 e. The van der Waals surface area contributed by atoms with Crippen molar-refractivity contribution in [2.75, 3.05) is 31.0 Å². The Kier molecular flexibility index (Phi) is 7.73. The average Bonchev–Trinajstić information content (AvgIpc) is 2.66. The van der Waals surface area contributed by atoms with Crippen LogP contribution in [0.15, 0.2) is 48.5 Å². The van der Waals surface area contributed by atoms with E-state index in [1.54, 1.807) is 19.1 Å². The Morgan fingerprint density at radius 3 is 2.59 bits per heavy atom. The molecule has 0 bridgehead atoms. The monoisotopic (exact) mass is 386 g/mol. The number of benzene rings is 2. The van der Waals surface area contributed by atoms with Crippen molar-refractivity contribution in [3.63, 3.8) is 0 Å². The molecule has 0 radical (unpaired) electrons. The molecule has 0 fully saturated rings. The van der Waals surface area contributed by atoms with Crippen LogP contribution >= 0.6 is 11.8 Å². The minimum absolute atomic E-state index is 0.0261. The van der Waals surface area contributed by atoms with Crippen molar-refractivity contribution in [1.29, 1.82) is 0 Å². The molecule has 0 spiro atoms. The molecule has 0 aliphatic carbocycles. The minimum Gasteiger partial charge on any atom is -0.496 e. The lowest BCUT2D eigenvalue weighted by atomic mass is 10.1. The number of ether oxygens (including phenoxy) is 1. The summed E-state index contributed by atoms with van der Waals surface area (Å²) >= 11 is 1.31. The number of carbonyl (C=O) groups is 2. The zero-order chi connectivity index (χ0) is 19.8. The standard InChI is InChI=1S/C21H26N2O3S/c1-15-8-7-9-17(12-15)22-20(24)13-27-14-21(25)23(3)16(2)18-10-5-6-11-19(18)26-4/h5-12,16H,13-14H2,1-4H3,(H,22,24). The Balaban J connectivity index is 1.83. The molecule has 2 aromatic rings. The van der Waals surface area contributed by atoms with Crippen LogP contribution in [0.5, 0.6) is 5.75 Å². The summed E-state index contributed by atoms with van der Waals surface area (Å²) in [4.78, 5) is 26.2. The van der Waals surface area contributed by atoms with Gasteiger partial charge in [-0.1, -0.05) is 30.3 Å². The second kappa shape index (κ2) is 10.0. The van der Waals surface area contributed by atoms with Gasteiger partial charge in [-0.05, 0) is 37.6 Å². The molecule has 0 aromatic heterocycles. The summed E-state index contributed by atoms with van der Waals surface area (Å²) in [6, 6.07) is 15.2. The van der Waals surface area contributed by atoms with E-state index >= 15 is 0 Å². The Bertz CT molecular complexity index is 795. The Labute approximate surface area is 165 Å². The van der Waals surface area contributed by atoms with Crippen LogP contribution in [0.3, 0.4) is 0 Å². The predicted molar refractivity (Wildman–Crippen MR) is 111 cm³/mol. The smallest absolute Gasteiger partial charge is 0.234 e. The summed E-state index contributed by atoms with van der Waals surface area (Å²) in [6.07, 6.45) is 0. The molecular formula is C21H26N2O3S. The van der Waals surface area contributed by atoms with Gasteiger partial charge < -0.3 is 15.0 Å². The number of aryl methyl sites for hydroxylation is 1. The van der Waals surface area contributed by atoms with Crippen molar-refractivity contribution in [1.82, 2.24) is 4.90 Å². The Morgan fingerprint density at radius 1 is 1.15 bits per heavy atom. The van der Waals surface area contributed by atoms with Gasteiger partial charge in [0.15, 0.2) is 0 Å². The first-order valence-electron chi connectivity index (χ1n) is 8.75. The van der Waals surface area contributed by atoms with E-state index in [9.17, 15) is 9.59 Å². The highest BCUT2D eigenvalue weighted by molar-refractivity contribution is 8.00. The quantitative estimate of drug-likeness (QED) is 0.748. The van der Waals surface area contributed by atoms with Crippen molar-refractivity contribution in [3.05, 3.63) is 59.7 Å². The van der Waals surface area contributed by atoms with Gasteiger partial charge in [-0.2, -0.15) is 0 Å². The van der Waals surface area contributed by atoms with E-state index in [4.69, 9.17) is 4.74 Å². The number of thioether (sulfide) groups is 1. The third-order valence-corrected chi connectivity index (χ3v) is 5.24. The number of para-hydroxylation sites is 1. The molecule has 0 saturated carbocycles. The lowest BCUT2D eigenvalue weighted by Crippen LogP contribution is -2.31. The van der Waals surface area contributed by atoms with Crippen LogP contribution in [-0.2, 0) is 9.59 Å². The maximum atomic E-state index is 12.5. The molecule has 144 valence electrons. The van der Waals surface area contributed by atoms with E-state index in [0.717, 1.165) is 22.6 Å². The number of nitrogens with one attached hydrogen (secondary N) is 1. The Morgan fingerprint density at radius 2 is 1.89 bits per heavy atom. The first-order chi connectivity index (χ1) is 12.9. The second-order valence-electron chi connectivity index (χ2n) is 6.33. The number of rotatable bonds is 8. The van der Waals surface area contributed by atoms with Crippen molar-refractivity contribution in [3.8, 4) is 5.75 Å². The number of hydrogen-bond donors (Lipinski definition) is 1. The first-order valence-corrected chi connectivity index (χ1v) is 9.90. The molecule has 2 amide bonds. The van der Waals surface area contributed by atoms with Gasteiger partial charge in [0.2, 0.25) is 11.8 Å². The molecule has 0 heterocycles. The van der Waals surface area contributed by atoms with E-state index in [1.165, 1.54) is 11.8 Å². The number of methoxy groups -OCH3 is 1. The van der Waals surface area contributed by atoms with Crippen LogP contribution < -0.4 is 10.1 Å². The summed E-state index contributed by atoms with van der Waals surface area (Å²) in [5.74, 6) is 1.10. The van der Waals surface area contributed by atoms with Crippen molar-refractivity contribution < 1.29 is 14.3 Å². The molecular weight excluding hydrogens is 360 g/mol. The molecule has 5 nitrogen and oxygen atoms in total. The van der Waals surface area contributed by atoms with Crippen molar-refractivity contribution in [2.45, 2.75) is 19.9 Å². The Hall–Kier alpha value is -2.47. The highest BCUT2D eigenvalue weighted by atomic mass is 32.2. The van der Waals surface area contributed by atoms with Crippen LogP contribution in [0.4, 0.5) is 5.69 Å². The molecule has 1 atom stereocenters. The van der Waals surface area contributed by atoms with Gasteiger partial charge >= 0.3 is 0 Å². The zero-order valence-electron chi connectivity index (χ0n) is 16.2. The fourth-order valence-corrected chi connectivity index (χ4v) is 3.43. The van der Waals surface area contributed by atoms with Gasteiger partial charge in [-0.3, -0.25) is 9.59 Å². The van der Waals surface area contributed by atoms with E-state index in [-0.39, 0.29) is 29.4 Å². The summed E-state index contributed by atoms with van der Waals surface area (Å²) in [6.45, 7) is 3.94. The number of hydrogen-bond acceptors (Lipinski definition) is 4. The summed E-state index contributed by atoms with van der Waals surface area (Å²) in [5, 5.41) is 2.85. The number of carbonyl (C=O) groups excluding carboxylic acids is 2. The van der Waals surface area contributed by atoms with Crippen LogP contribution in [0.25, 0.3) is 0 Å². The van der Waals surface area contributed by atoms with Gasteiger partial charge in [-0.15, -0.1) is 11.8 Å². The first kappa shape index (κ1) is 20.8. The highest BCUT2D eigenvalue weighted by Gasteiger charge is 2.20. The zero-order valence-corrected chi connectivity index (χ0v) is 17.0. The fourth-order valence-electron chi connectivity index (χ4n) is 2.69. The predicted octanol–water partition coefficient (Wildman–Crippen LogP) is 3.89. The molecule has 2 rings (SSSR count). The third-order valence-electron chi connectivity index (χ3n) is 4.32. The van der Waals surface area contributed by atoms with E-state index < -0.39 is 0 Å². The lowest BCUT2D eigenvalue weighted by molar-refractivity contribution is -0.128. The third kappa shape index (κ3) is 6.03. The van der Waals surface area contributed by atoms with E-state index in [2.05, 4.69) is 5.32 Å². The topological polar surface area (TPSA) is 58.6 Å². The summed E-state index contributed by atoms with van der Waals surface area (Å²) < 4.78 is 5.38. The number of nitrogens with zero attached hydrogens (tertiary/aromatic N) is 1. The van der Waals surface area contributed by atoms with Gasteiger partial charge in [0.05, 0.1) is 24.7 Å². The molecule has 0 aliphatic heterocycles. The van der Waals surface area contributed by atoms with Gasteiger partial charge in [0.25, 0.3) is 0 Å². The number of anilines is 1. The van der Waals surface area contributed by atoms with Crippen LogP contribution in [-0.4, -0.2) is 42.4 Å². The molecule has 6 heteroatoms. The second-order valence-corrected chi connectivity index (χ2v) is 7.32. The molecule has 2 aromatic carbocycles. The average molecular weight is 387 g/mol. The highest BCUT2D eigenvalue weighted by Crippen LogP contribution is 2.28. The van der Waals surface area contributed by atoms with E-state index in [1.807, 2.05) is 62.4 Å². The van der Waals surface area contributed by atoms with Crippen LogP contribution in [0.2, 0.25) is 0 Å². The van der Waals surface area contributed by atoms with Gasteiger partial charge in [-0.25, -0.2) is 0 Å².